The van der Waals surface area contributed by atoms with Crippen LogP contribution in [0.15, 0.2) is 54.6 Å². The van der Waals surface area contributed by atoms with E-state index in [1.165, 1.54) is 6.08 Å². The van der Waals surface area contributed by atoms with E-state index in [9.17, 15) is 14.4 Å². The Morgan fingerprint density at radius 3 is 2.47 bits per heavy atom. The van der Waals surface area contributed by atoms with E-state index in [0.29, 0.717) is 24.1 Å². The number of para-hydroxylation sites is 1. The van der Waals surface area contributed by atoms with Gasteiger partial charge in [0.1, 0.15) is 5.60 Å². The van der Waals surface area contributed by atoms with Gasteiger partial charge in [-0.3, -0.25) is 14.4 Å². The SMILES string of the molecule is CCC(=O)/C=C/c1ccccc1NC(=O)c1cccc(CCC(=O)OC(C)(C)C)c1. The van der Waals surface area contributed by atoms with Crippen LogP contribution in [0.4, 0.5) is 5.69 Å². The van der Waals surface area contributed by atoms with E-state index in [4.69, 9.17) is 4.74 Å². The number of carbonyl (C=O) groups is 3. The highest BCUT2D eigenvalue weighted by molar-refractivity contribution is 6.05. The molecule has 0 saturated carbocycles. The maximum absolute atomic E-state index is 12.7. The van der Waals surface area contributed by atoms with Crippen LogP contribution < -0.4 is 5.32 Å². The molecule has 0 saturated heterocycles. The molecule has 0 atom stereocenters. The lowest BCUT2D eigenvalue weighted by Crippen LogP contribution is -2.24. The summed E-state index contributed by atoms with van der Waals surface area (Å²) in [4.78, 5) is 36.2. The normalized spacial score (nSPS) is 11.3. The molecule has 2 aromatic carbocycles. The summed E-state index contributed by atoms with van der Waals surface area (Å²) in [5.74, 6) is -0.495. The predicted molar refractivity (Wildman–Crippen MR) is 119 cm³/mol. The number of allylic oxidation sites excluding steroid dienone is 1. The van der Waals surface area contributed by atoms with Crippen molar-refractivity contribution in [1.82, 2.24) is 0 Å². The second-order valence-corrected chi connectivity index (χ2v) is 7.98. The zero-order valence-electron chi connectivity index (χ0n) is 18.0. The van der Waals surface area contributed by atoms with Crippen molar-refractivity contribution in [1.29, 1.82) is 0 Å². The van der Waals surface area contributed by atoms with Gasteiger partial charge in [-0.25, -0.2) is 0 Å². The number of rotatable bonds is 8. The molecule has 0 fully saturated rings. The van der Waals surface area contributed by atoms with E-state index in [2.05, 4.69) is 5.32 Å². The molecule has 0 spiro atoms. The van der Waals surface area contributed by atoms with Crippen LogP contribution in [0, 0.1) is 0 Å². The number of benzene rings is 2. The minimum atomic E-state index is -0.512. The van der Waals surface area contributed by atoms with Gasteiger partial charge >= 0.3 is 5.97 Å². The summed E-state index contributed by atoms with van der Waals surface area (Å²) in [6.07, 6.45) is 4.40. The molecule has 0 aromatic heterocycles. The zero-order valence-corrected chi connectivity index (χ0v) is 18.0. The van der Waals surface area contributed by atoms with Crippen LogP contribution in [0.2, 0.25) is 0 Å². The van der Waals surface area contributed by atoms with Gasteiger partial charge in [-0.05, 0) is 68.7 Å². The third kappa shape index (κ3) is 7.66. The summed E-state index contributed by atoms with van der Waals surface area (Å²) < 4.78 is 5.33. The smallest absolute Gasteiger partial charge is 0.306 e. The van der Waals surface area contributed by atoms with Gasteiger partial charge < -0.3 is 10.1 Å². The summed E-state index contributed by atoms with van der Waals surface area (Å²) in [5.41, 5.74) is 2.26. The average molecular weight is 408 g/mol. The summed E-state index contributed by atoms with van der Waals surface area (Å²) in [5, 5.41) is 2.90. The molecule has 1 amide bonds. The number of anilines is 1. The number of hydrogen-bond donors (Lipinski definition) is 1. The number of hydrogen-bond acceptors (Lipinski definition) is 4. The lowest BCUT2D eigenvalue weighted by molar-refractivity contribution is -0.154. The number of carbonyl (C=O) groups excluding carboxylic acids is 3. The first kappa shape index (κ1) is 23.1. The van der Waals surface area contributed by atoms with Crippen molar-refractivity contribution in [2.45, 2.75) is 52.6 Å². The lowest BCUT2D eigenvalue weighted by atomic mass is 10.1. The van der Waals surface area contributed by atoms with Crippen LogP contribution in [-0.4, -0.2) is 23.3 Å². The molecule has 0 aliphatic rings. The maximum atomic E-state index is 12.7. The summed E-state index contributed by atoms with van der Waals surface area (Å²) in [7, 11) is 0. The standard InChI is InChI=1S/C25H29NO4/c1-5-21(27)15-14-19-10-6-7-12-22(19)26-24(29)20-11-8-9-18(17-20)13-16-23(28)30-25(2,3)4/h6-12,14-15,17H,5,13,16H2,1-4H3,(H,26,29)/b15-14+. The fourth-order valence-corrected chi connectivity index (χ4v) is 2.76. The molecule has 0 heterocycles. The van der Waals surface area contributed by atoms with Crippen molar-refractivity contribution in [2.75, 3.05) is 5.32 Å². The highest BCUT2D eigenvalue weighted by Crippen LogP contribution is 2.19. The Bertz CT molecular complexity index is 938. The molecule has 1 N–H and O–H groups in total. The zero-order chi connectivity index (χ0) is 22.1. The van der Waals surface area contributed by atoms with Gasteiger partial charge in [0.25, 0.3) is 5.91 Å². The van der Waals surface area contributed by atoms with Crippen LogP contribution in [0.3, 0.4) is 0 Å². The minimum Gasteiger partial charge on any atom is -0.460 e. The Hall–Kier alpha value is -3.21. The van der Waals surface area contributed by atoms with Gasteiger partial charge in [0.15, 0.2) is 5.78 Å². The monoisotopic (exact) mass is 407 g/mol. The van der Waals surface area contributed by atoms with Crippen molar-refractivity contribution >= 4 is 29.4 Å². The number of amides is 1. The molecule has 0 aliphatic carbocycles. The van der Waals surface area contributed by atoms with Crippen LogP contribution in [-0.2, 0) is 20.7 Å². The fourth-order valence-electron chi connectivity index (χ4n) is 2.76. The third-order valence-electron chi connectivity index (χ3n) is 4.23. The Balaban J connectivity index is 2.07. The van der Waals surface area contributed by atoms with E-state index in [-0.39, 0.29) is 24.1 Å². The number of ketones is 1. The van der Waals surface area contributed by atoms with Crippen LogP contribution in [0.5, 0.6) is 0 Å². The first-order chi connectivity index (χ1) is 14.2. The maximum Gasteiger partial charge on any atom is 0.306 e. The second-order valence-electron chi connectivity index (χ2n) is 7.98. The van der Waals surface area contributed by atoms with Gasteiger partial charge in [0, 0.05) is 24.1 Å². The summed E-state index contributed by atoms with van der Waals surface area (Å²) in [6.45, 7) is 7.30. The molecule has 5 nitrogen and oxygen atoms in total. The molecule has 158 valence electrons. The van der Waals surface area contributed by atoms with Gasteiger partial charge in [-0.1, -0.05) is 37.3 Å². The molecule has 2 aromatic rings. The number of ether oxygens (including phenoxy) is 1. The molecular formula is C25H29NO4. The largest absolute Gasteiger partial charge is 0.460 e. The van der Waals surface area contributed by atoms with Gasteiger partial charge in [0.2, 0.25) is 0 Å². The molecule has 2 rings (SSSR count). The van der Waals surface area contributed by atoms with Crippen molar-refractivity contribution in [2.24, 2.45) is 0 Å². The van der Waals surface area contributed by atoms with Crippen LogP contribution in [0.25, 0.3) is 6.08 Å². The second kappa shape index (κ2) is 10.5. The molecule has 0 unspecified atom stereocenters. The number of esters is 1. The average Bonchev–Trinajstić information content (AvgIpc) is 2.70. The third-order valence-corrected chi connectivity index (χ3v) is 4.23. The topological polar surface area (TPSA) is 72.5 Å². The first-order valence-corrected chi connectivity index (χ1v) is 10.1. The van der Waals surface area contributed by atoms with Crippen molar-refractivity contribution in [3.8, 4) is 0 Å². The van der Waals surface area contributed by atoms with Gasteiger partial charge in [-0.2, -0.15) is 0 Å². The van der Waals surface area contributed by atoms with E-state index < -0.39 is 5.60 Å². The Morgan fingerprint density at radius 2 is 1.77 bits per heavy atom. The van der Waals surface area contributed by atoms with E-state index in [0.717, 1.165) is 11.1 Å². The minimum absolute atomic E-state index is 0.0221. The summed E-state index contributed by atoms with van der Waals surface area (Å²) in [6, 6.07) is 14.5. The van der Waals surface area contributed by atoms with E-state index in [1.54, 1.807) is 37.3 Å². The first-order valence-electron chi connectivity index (χ1n) is 10.1. The number of aryl methyl sites for hydroxylation is 1. The lowest BCUT2D eigenvalue weighted by Gasteiger charge is -2.19. The molecule has 0 radical (unpaired) electrons. The van der Waals surface area contributed by atoms with Gasteiger partial charge in [-0.15, -0.1) is 0 Å². The Labute approximate surface area is 178 Å². The van der Waals surface area contributed by atoms with Crippen molar-refractivity contribution < 1.29 is 19.1 Å². The number of nitrogens with one attached hydrogen (secondary N) is 1. The Morgan fingerprint density at radius 1 is 1.03 bits per heavy atom. The Kier molecular flexibility index (Phi) is 8.10. The summed E-state index contributed by atoms with van der Waals surface area (Å²) >= 11 is 0. The quantitative estimate of drug-likeness (QED) is 0.482. The molecular weight excluding hydrogens is 378 g/mol. The molecule has 0 aliphatic heterocycles. The van der Waals surface area contributed by atoms with Gasteiger partial charge in [0.05, 0.1) is 0 Å². The molecule has 5 heteroatoms. The predicted octanol–water partition coefficient (Wildman–Crippen LogP) is 5.21. The van der Waals surface area contributed by atoms with Crippen molar-refractivity contribution in [3.05, 3.63) is 71.3 Å². The molecule has 0 bridgehead atoms. The van der Waals surface area contributed by atoms with Crippen LogP contribution in [0.1, 0.15) is 62.0 Å². The molecule has 30 heavy (non-hydrogen) atoms. The van der Waals surface area contributed by atoms with Crippen molar-refractivity contribution in [3.63, 3.8) is 0 Å². The van der Waals surface area contributed by atoms with Crippen LogP contribution >= 0.6 is 0 Å². The fraction of sp³-hybridized carbons (Fsp3) is 0.320. The van der Waals surface area contributed by atoms with E-state index in [1.807, 2.05) is 45.0 Å². The highest BCUT2D eigenvalue weighted by Gasteiger charge is 2.16. The van der Waals surface area contributed by atoms with E-state index >= 15 is 0 Å². The highest BCUT2D eigenvalue weighted by atomic mass is 16.6.